The van der Waals surface area contributed by atoms with Gasteiger partial charge in [-0.15, -0.1) is 0 Å². The summed E-state index contributed by atoms with van der Waals surface area (Å²) in [7, 11) is 0. The highest BCUT2D eigenvalue weighted by atomic mass is 32.1. The lowest BCUT2D eigenvalue weighted by molar-refractivity contribution is -0.158. The number of hydrazine groups is 1. The smallest absolute Gasteiger partial charge is 0.332 e. The Morgan fingerprint density at radius 1 is 1.07 bits per heavy atom. The third-order valence-electron chi connectivity index (χ3n) is 8.18. The zero-order valence-electron chi connectivity index (χ0n) is 25.0. The molecule has 1 aromatic heterocycles. The molecule has 12 nitrogen and oxygen atoms in total. The number of phenols is 2. The molecule has 3 heterocycles. The number of piperazine rings is 1. The zero-order chi connectivity index (χ0) is 31.8. The maximum absolute atomic E-state index is 14.2. The summed E-state index contributed by atoms with van der Waals surface area (Å²) in [5.41, 5.74) is 9.06. The van der Waals surface area contributed by atoms with E-state index in [9.17, 15) is 24.6 Å². The number of rotatable bonds is 8. The fourth-order valence-electron chi connectivity index (χ4n) is 6.14. The topological polar surface area (TPSA) is 156 Å². The van der Waals surface area contributed by atoms with E-state index in [1.54, 1.807) is 25.9 Å². The first-order chi connectivity index (χ1) is 21.6. The number of hydrogen-bond donors (Lipinski definition) is 4. The Labute approximate surface area is 264 Å². The lowest BCUT2D eigenvalue weighted by atomic mass is 9.99. The number of nitrogens with zero attached hydrogens (tertiary/aromatic N) is 5. The van der Waals surface area contributed by atoms with Crippen LogP contribution in [0.1, 0.15) is 30.5 Å². The van der Waals surface area contributed by atoms with Crippen molar-refractivity contribution in [3.05, 3.63) is 83.4 Å². The highest BCUT2D eigenvalue weighted by Crippen LogP contribution is 2.34. The third kappa shape index (κ3) is 5.96. The van der Waals surface area contributed by atoms with Crippen molar-refractivity contribution >= 4 is 44.5 Å². The minimum atomic E-state index is -0.911. The van der Waals surface area contributed by atoms with Crippen LogP contribution in [0, 0.1) is 0 Å². The minimum absolute atomic E-state index is 0.0851. The number of hydrogen-bond acceptors (Lipinski definition) is 9. The Kier molecular flexibility index (Phi) is 8.21. The molecular weight excluding hydrogens is 594 g/mol. The number of benzene rings is 3. The van der Waals surface area contributed by atoms with Crippen molar-refractivity contribution in [2.45, 2.75) is 51.6 Å². The Balaban J connectivity index is 1.33. The van der Waals surface area contributed by atoms with Crippen LogP contribution < -0.4 is 11.1 Å². The van der Waals surface area contributed by atoms with Crippen LogP contribution in [0.4, 0.5) is 9.93 Å². The van der Waals surface area contributed by atoms with E-state index < -0.39 is 12.2 Å². The van der Waals surface area contributed by atoms with Crippen LogP contribution in [-0.4, -0.2) is 84.2 Å². The maximum atomic E-state index is 14.2. The number of nitrogens with one attached hydrogen (secondary N) is 1. The number of thiazole rings is 1. The summed E-state index contributed by atoms with van der Waals surface area (Å²) in [5.74, 6) is -1.13. The number of aromatic hydroxyl groups is 2. The van der Waals surface area contributed by atoms with Crippen molar-refractivity contribution in [3.63, 3.8) is 0 Å². The molecule has 0 spiro atoms. The van der Waals surface area contributed by atoms with Crippen molar-refractivity contribution in [2.75, 3.05) is 18.8 Å². The Morgan fingerprint density at radius 3 is 2.58 bits per heavy atom. The number of amides is 4. The molecule has 2 aliphatic heterocycles. The molecule has 4 aromatic rings. The number of carbonyl (C=O) groups excluding carboxylic acids is 3. The van der Waals surface area contributed by atoms with E-state index in [4.69, 9.17) is 5.73 Å². The van der Waals surface area contributed by atoms with Gasteiger partial charge in [0.15, 0.2) is 16.6 Å². The van der Waals surface area contributed by atoms with E-state index in [-0.39, 0.29) is 61.4 Å². The summed E-state index contributed by atoms with van der Waals surface area (Å²) < 4.78 is 0.908. The molecule has 0 unspecified atom stereocenters. The number of urea groups is 1. The second kappa shape index (κ2) is 12.3. The fourth-order valence-corrected chi connectivity index (χ4v) is 6.92. The van der Waals surface area contributed by atoms with Crippen LogP contribution >= 0.6 is 11.3 Å². The SMILES string of the molecule is CC(C)N(C(=O)NCc1ccccc1)N1CC(=O)N2[C@@H](Cc3ccc(O)c(O)c3)C(=O)N(Cc3cccc4sc(N)nc34)C[C@@H]21. The van der Waals surface area contributed by atoms with Gasteiger partial charge in [-0.2, -0.15) is 5.01 Å². The van der Waals surface area contributed by atoms with E-state index in [0.29, 0.717) is 17.2 Å². The van der Waals surface area contributed by atoms with Gasteiger partial charge in [-0.05, 0) is 48.7 Å². The van der Waals surface area contributed by atoms with E-state index in [0.717, 1.165) is 21.3 Å². The summed E-state index contributed by atoms with van der Waals surface area (Å²) in [6.45, 7) is 4.38. The molecule has 4 amide bonds. The molecular formula is C32H35N7O5S. The standard InChI is InChI=1S/C32H35N7O5S/c1-19(2)39(32(44)34-15-20-7-4-3-5-8-20)37-18-28(42)38-23(13-21-11-12-24(40)25(41)14-21)30(43)36(17-27(37)38)16-22-9-6-10-26-29(22)35-31(33)45-26/h3-12,14,19,23,27,40-41H,13,15-18H2,1-2H3,(H2,33,35)(H,34,44)/t23-,27+/m0/s1. The number of anilines is 1. The molecule has 2 aliphatic rings. The van der Waals surface area contributed by atoms with Crippen molar-refractivity contribution < 1.29 is 24.6 Å². The van der Waals surface area contributed by atoms with Crippen LogP contribution in [0.2, 0.25) is 0 Å². The number of nitrogens with two attached hydrogens (primary N) is 1. The molecule has 0 saturated carbocycles. The van der Waals surface area contributed by atoms with Crippen LogP contribution in [0.15, 0.2) is 66.7 Å². The van der Waals surface area contributed by atoms with Gasteiger partial charge in [0.25, 0.3) is 0 Å². The van der Waals surface area contributed by atoms with Gasteiger partial charge in [0.05, 0.1) is 23.3 Å². The first-order valence-electron chi connectivity index (χ1n) is 14.7. The highest BCUT2D eigenvalue weighted by Gasteiger charge is 2.52. The minimum Gasteiger partial charge on any atom is -0.504 e. The fraction of sp³-hybridized carbons (Fsp3) is 0.312. The predicted molar refractivity (Wildman–Crippen MR) is 170 cm³/mol. The maximum Gasteiger partial charge on any atom is 0.332 e. The van der Waals surface area contributed by atoms with Gasteiger partial charge in [0, 0.05) is 25.6 Å². The van der Waals surface area contributed by atoms with Crippen molar-refractivity contribution in [2.24, 2.45) is 0 Å². The summed E-state index contributed by atoms with van der Waals surface area (Å²) in [4.78, 5) is 49.3. The van der Waals surface area contributed by atoms with Gasteiger partial charge in [-0.1, -0.05) is 59.9 Å². The molecule has 13 heteroatoms. The second-order valence-corrected chi connectivity index (χ2v) is 12.6. The quantitative estimate of drug-likeness (QED) is 0.217. The van der Waals surface area contributed by atoms with Crippen molar-refractivity contribution in [3.8, 4) is 11.5 Å². The second-order valence-electron chi connectivity index (χ2n) is 11.5. The van der Waals surface area contributed by atoms with E-state index in [1.807, 2.05) is 62.4 Å². The third-order valence-corrected chi connectivity index (χ3v) is 9.03. The average molecular weight is 630 g/mol. The van der Waals surface area contributed by atoms with Crippen LogP contribution in [0.25, 0.3) is 10.2 Å². The predicted octanol–water partition coefficient (Wildman–Crippen LogP) is 3.25. The molecule has 0 bridgehead atoms. The van der Waals surface area contributed by atoms with Gasteiger partial charge < -0.3 is 31.1 Å². The van der Waals surface area contributed by atoms with Crippen molar-refractivity contribution in [1.29, 1.82) is 0 Å². The van der Waals surface area contributed by atoms with Gasteiger partial charge in [0.2, 0.25) is 11.8 Å². The van der Waals surface area contributed by atoms with Crippen LogP contribution in [0.3, 0.4) is 0 Å². The van der Waals surface area contributed by atoms with E-state index >= 15 is 0 Å². The zero-order valence-corrected chi connectivity index (χ0v) is 25.8. The Hall–Kier alpha value is -4.88. The molecule has 0 radical (unpaired) electrons. The van der Waals surface area contributed by atoms with Crippen LogP contribution in [-0.2, 0) is 29.1 Å². The molecule has 2 saturated heterocycles. The van der Waals surface area contributed by atoms with Crippen LogP contribution in [0.5, 0.6) is 11.5 Å². The summed E-state index contributed by atoms with van der Waals surface area (Å²) in [5, 5.41) is 26.7. The molecule has 0 aliphatic carbocycles. The normalized spacial score (nSPS) is 18.6. The Bertz CT molecular complexity index is 1750. The van der Waals surface area contributed by atoms with Gasteiger partial charge in [0.1, 0.15) is 12.2 Å². The molecule has 3 aromatic carbocycles. The number of nitrogen functional groups attached to an aromatic ring is 1. The number of aromatic nitrogens is 1. The molecule has 2 atom stereocenters. The molecule has 5 N–H and O–H groups in total. The molecule has 6 rings (SSSR count). The van der Waals surface area contributed by atoms with E-state index in [1.165, 1.54) is 23.5 Å². The van der Waals surface area contributed by atoms with Gasteiger partial charge in [-0.3, -0.25) is 14.6 Å². The summed E-state index contributed by atoms with van der Waals surface area (Å²) in [6, 6.07) is 18.1. The summed E-state index contributed by atoms with van der Waals surface area (Å²) >= 11 is 1.37. The van der Waals surface area contributed by atoms with Gasteiger partial charge in [-0.25, -0.2) is 9.78 Å². The van der Waals surface area contributed by atoms with E-state index in [2.05, 4.69) is 10.3 Å². The highest BCUT2D eigenvalue weighted by molar-refractivity contribution is 7.22. The monoisotopic (exact) mass is 629 g/mol. The molecule has 2 fully saturated rings. The number of phenolic OH excluding ortho intramolecular Hbond substituents is 2. The number of carbonyl (C=O) groups is 3. The molecule has 45 heavy (non-hydrogen) atoms. The Morgan fingerprint density at radius 2 is 1.84 bits per heavy atom. The lowest BCUT2D eigenvalue weighted by Gasteiger charge is -2.47. The average Bonchev–Trinajstić information content (AvgIpc) is 3.55. The van der Waals surface area contributed by atoms with Crippen molar-refractivity contribution in [1.82, 2.24) is 30.1 Å². The lowest BCUT2D eigenvalue weighted by Crippen LogP contribution is -2.66. The molecule has 234 valence electrons. The largest absolute Gasteiger partial charge is 0.504 e. The summed E-state index contributed by atoms with van der Waals surface area (Å²) in [6.07, 6.45) is -0.523. The first-order valence-corrected chi connectivity index (χ1v) is 15.5. The number of para-hydroxylation sites is 1. The first kappa shape index (κ1) is 30.2. The number of fused-ring (bicyclic) bond motifs is 2. The van der Waals surface area contributed by atoms with Gasteiger partial charge >= 0.3 is 6.03 Å².